The lowest BCUT2D eigenvalue weighted by Gasteiger charge is -2.27. The number of nitrogens with zero attached hydrogens (tertiary/aromatic N) is 1. The Kier molecular flexibility index (Phi) is 6.97. The SMILES string of the molecule is c1ccc(-c2cccc3c2sc2c(N(c4ccc5cc(-c6cccc7c6sc6ccccc67)ccc5c4)c4cccc5ccccc45)cccc23)cc1. The van der Waals surface area contributed by atoms with Crippen LogP contribution < -0.4 is 4.90 Å². The Labute approximate surface area is 315 Å². The first kappa shape index (κ1) is 30.4. The molecule has 0 bridgehead atoms. The number of benzene rings is 9. The number of hydrogen-bond donors (Lipinski definition) is 0. The lowest BCUT2D eigenvalue weighted by Crippen LogP contribution is -2.10. The van der Waals surface area contributed by atoms with Gasteiger partial charge in [-0.2, -0.15) is 0 Å². The van der Waals surface area contributed by atoms with Gasteiger partial charge in [-0.15, -0.1) is 22.7 Å². The van der Waals surface area contributed by atoms with E-state index >= 15 is 0 Å². The lowest BCUT2D eigenvalue weighted by atomic mass is 9.99. The van der Waals surface area contributed by atoms with Gasteiger partial charge < -0.3 is 4.90 Å². The van der Waals surface area contributed by atoms with E-state index in [9.17, 15) is 0 Å². The van der Waals surface area contributed by atoms with Crippen LogP contribution in [0.2, 0.25) is 0 Å². The van der Waals surface area contributed by atoms with Crippen LogP contribution in [0, 0.1) is 0 Å². The van der Waals surface area contributed by atoms with E-state index in [0.29, 0.717) is 0 Å². The molecule has 11 rings (SSSR count). The molecule has 2 heterocycles. The molecule has 53 heavy (non-hydrogen) atoms. The van der Waals surface area contributed by atoms with Crippen LogP contribution in [0.3, 0.4) is 0 Å². The molecule has 3 heteroatoms. The van der Waals surface area contributed by atoms with Crippen LogP contribution in [0.5, 0.6) is 0 Å². The predicted octanol–water partition coefficient (Wildman–Crippen LogP) is 15.5. The molecular weight excluding hydrogens is 679 g/mol. The Hall–Kier alpha value is -6.26. The zero-order valence-corrected chi connectivity index (χ0v) is 30.3. The fraction of sp³-hybridized carbons (Fsp3) is 0. The maximum Gasteiger partial charge on any atom is 0.0640 e. The van der Waals surface area contributed by atoms with Crippen molar-refractivity contribution >= 4 is 102 Å². The number of rotatable bonds is 5. The van der Waals surface area contributed by atoms with Gasteiger partial charge in [-0.05, 0) is 74.8 Å². The van der Waals surface area contributed by atoms with E-state index in [-0.39, 0.29) is 0 Å². The Bertz CT molecular complexity index is 3180. The molecule has 248 valence electrons. The van der Waals surface area contributed by atoms with Gasteiger partial charge in [0.2, 0.25) is 0 Å². The van der Waals surface area contributed by atoms with Crippen LogP contribution >= 0.6 is 22.7 Å². The zero-order valence-electron chi connectivity index (χ0n) is 28.7. The van der Waals surface area contributed by atoms with Crippen molar-refractivity contribution in [2.75, 3.05) is 4.90 Å². The average molecular weight is 710 g/mol. The monoisotopic (exact) mass is 709 g/mol. The van der Waals surface area contributed by atoms with Crippen LogP contribution in [-0.2, 0) is 0 Å². The smallest absolute Gasteiger partial charge is 0.0640 e. The molecule has 0 aliphatic rings. The molecule has 9 aromatic carbocycles. The molecule has 0 unspecified atom stereocenters. The van der Waals surface area contributed by atoms with E-state index in [1.54, 1.807) is 0 Å². The summed E-state index contributed by atoms with van der Waals surface area (Å²) in [4.78, 5) is 2.48. The van der Waals surface area contributed by atoms with Crippen molar-refractivity contribution in [2.24, 2.45) is 0 Å². The highest BCUT2D eigenvalue weighted by Gasteiger charge is 2.21. The number of anilines is 3. The highest BCUT2D eigenvalue weighted by atomic mass is 32.1. The highest BCUT2D eigenvalue weighted by molar-refractivity contribution is 7.27. The molecule has 0 spiro atoms. The van der Waals surface area contributed by atoms with Crippen molar-refractivity contribution in [3.8, 4) is 22.3 Å². The number of fused-ring (bicyclic) bond motifs is 8. The summed E-state index contributed by atoms with van der Waals surface area (Å²) >= 11 is 3.78. The Morgan fingerprint density at radius 2 is 0.906 bits per heavy atom. The normalized spacial score (nSPS) is 11.8. The summed E-state index contributed by atoms with van der Waals surface area (Å²) in [5.41, 5.74) is 8.56. The summed E-state index contributed by atoms with van der Waals surface area (Å²) in [6.07, 6.45) is 0. The van der Waals surface area contributed by atoms with Gasteiger partial charge in [0.15, 0.2) is 0 Å². The molecule has 0 fully saturated rings. The molecule has 0 saturated carbocycles. The molecule has 0 amide bonds. The summed E-state index contributed by atoms with van der Waals surface area (Å²) in [6, 6.07) is 69.1. The molecule has 0 aliphatic carbocycles. The largest absolute Gasteiger partial charge is 0.308 e. The molecule has 11 aromatic rings. The summed E-state index contributed by atoms with van der Waals surface area (Å²) < 4.78 is 5.28. The van der Waals surface area contributed by atoms with E-state index in [4.69, 9.17) is 0 Å². The van der Waals surface area contributed by atoms with Crippen molar-refractivity contribution in [1.29, 1.82) is 0 Å². The van der Waals surface area contributed by atoms with E-state index in [2.05, 4.69) is 193 Å². The van der Waals surface area contributed by atoms with Crippen molar-refractivity contribution < 1.29 is 0 Å². The number of thiophene rings is 2. The van der Waals surface area contributed by atoms with E-state index < -0.39 is 0 Å². The first-order chi connectivity index (χ1) is 26.3. The molecule has 0 N–H and O–H groups in total. The van der Waals surface area contributed by atoms with Crippen LogP contribution in [0.4, 0.5) is 17.1 Å². The third-order valence-corrected chi connectivity index (χ3v) is 13.1. The summed E-state index contributed by atoms with van der Waals surface area (Å²) in [7, 11) is 0. The van der Waals surface area contributed by atoms with Crippen LogP contribution in [0.1, 0.15) is 0 Å². The Morgan fingerprint density at radius 1 is 0.321 bits per heavy atom. The molecule has 1 nitrogen and oxygen atoms in total. The van der Waals surface area contributed by atoms with E-state index in [1.807, 2.05) is 22.7 Å². The third kappa shape index (κ3) is 4.89. The predicted molar refractivity (Wildman–Crippen MR) is 233 cm³/mol. The molecule has 0 aliphatic heterocycles. The maximum absolute atomic E-state index is 2.48. The van der Waals surface area contributed by atoms with Gasteiger partial charge in [-0.3, -0.25) is 0 Å². The third-order valence-electron chi connectivity index (χ3n) is 10.6. The molecular formula is C50H31NS2. The fourth-order valence-corrected chi connectivity index (χ4v) is 10.7. The molecule has 0 saturated heterocycles. The second-order valence-corrected chi connectivity index (χ2v) is 15.7. The molecule has 0 radical (unpaired) electrons. The second-order valence-electron chi connectivity index (χ2n) is 13.7. The zero-order chi connectivity index (χ0) is 34.9. The van der Waals surface area contributed by atoms with Crippen LogP contribution in [0.15, 0.2) is 188 Å². The Balaban J connectivity index is 1.11. The molecule has 2 aromatic heterocycles. The minimum atomic E-state index is 1.14. The van der Waals surface area contributed by atoms with Gasteiger partial charge in [-0.1, -0.05) is 152 Å². The van der Waals surface area contributed by atoms with E-state index in [1.165, 1.54) is 95.5 Å². The second kappa shape index (κ2) is 12.2. The minimum absolute atomic E-state index is 1.14. The summed E-state index contributed by atoms with van der Waals surface area (Å²) in [5.74, 6) is 0. The van der Waals surface area contributed by atoms with Crippen LogP contribution in [0.25, 0.3) is 84.1 Å². The van der Waals surface area contributed by atoms with Crippen molar-refractivity contribution in [2.45, 2.75) is 0 Å². The standard InChI is InChI=1S/C50H31NS2/c1-2-12-33(13-3-1)39-18-9-21-43-44-22-11-24-46(50(44)53-49(39)43)51(45-23-8-15-32-14-4-5-16-38(32)45)37-29-28-34-30-36(27-26-35(34)31-37)40-19-10-20-42-41-17-6-7-25-47(41)52-48(40)42/h1-31H. The van der Waals surface area contributed by atoms with E-state index in [0.717, 1.165) is 5.69 Å². The molecule has 0 atom stereocenters. The van der Waals surface area contributed by atoms with Gasteiger partial charge >= 0.3 is 0 Å². The fourth-order valence-electron chi connectivity index (χ4n) is 8.15. The minimum Gasteiger partial charge on any atom is -0.308 e. The first-order valence-corrected chi connectivity index (χ1v) is 19.6. The summed E-state index contributed by atoms with van der Waals surface area (Å²) in [5, 5.41) is 10.1. The average Bonchev–Trinajstić information content (AvgIpc) is 3.80. The van der Waals surface area contributed by atoms with Gasteiger partial charge in [0.05, 0.1) is 16.1 Å². The van der Waals surface area contributed by atoms with Gasteiger partial charge in [0, 0.05) is 46.7 Å². The van der Waals surface area contributed by atoms with Crippen LogP contribution in [-0.4, -0.2) is 0 Å². The summed E-state index contributed by atoms with van der Waals surface area (Å²) in [6.45, 7) is 0. The van der Waals surface area contributed by atoms with Crippen molar-refractivity contribution in [3.63, 3.8) is 0 Å². The van der Waals surface area contributed by atoms with Gasteiger partial charge in [-0.25, -0.2) is 0 Å². The maximum atomic E-state index is 2.48. The number of hydrogen-bond acceptors (Lipinski definition) is 3. The van der Waals surface area contributed by atoms with Crippen molar-refractivity contribution in [3.05, 3.63) is 188 Å². The van der Waals surface area contributed by atoms with Crippen molar-refractivity contribution in [1.82, 2.24) is 0 Å². The Morgan fingerprint density at radius 3 is 1.77 bits per heavy atom. The van der Waals surface area contributed by atoms with Gasteiger partial charge in [0.1, 0.15) is 0 Å². The first-order valence-electron chi connectivity index (χ1n) is 18.0. The lowest BCUT2D eigenvalue weighted by molar-refractivity contribution is 1.32. The quantitative estimate of drug-likeness (QED) is 0.172. The van der Waals surface area contributed by atoms with Gasteiger partial charge in [0.25, 0.3) is 0 Å². The topological polar surface area (TPSA) is 3.24 Å². The highest BCUT2D eigenvalue weighted by Crippen LogP contribution is 2.49.